The minimum atomic E-state index is -1.26. The lowest BCUT2D eigenvalue weighted by Crippen LogP contribution is -2.05. The molecule has 2 heterocycles. The van der Waals surface area contributed by atoms with E-state index in [1.165, 1.54) is 0 Å². The quantitative estimate of drug-likeness (QED) is 0.535. The fraction of sp³-hybridized carbons (Fsp3) is 0.333. The summed E-state index contributed by atoms with van der Waals surface area (Å²) in [7, 11) is 1.97. The van der Waals surface area contributed by atoms with Crippen LogP contribution < -0.4 is 0 Å². The number of imidazole rings is 1. The Kier molecular flexibility index (Phi) is 7.52. The summed E-state index contributed by atoms with van der Waals surface area (Å²) in [6, 6.07) is 0. The van der Waals surface area contributed by atoms with Crippen molar-refractivity contribution < 1.29 is 24.6 Å². The molecule has 26 heavy (non-hydrogen) atoms. The summed E-state index contributed by atoms with van der Waals surface area (Å²) in [5.74, 6) is -2.31. The Morgan fingerprint density at radius 2 is 1.73 bits per heavy atom. The number of aryl methyl sites for hydroxylation is 4. The number of rotatable bonds is 6. The van der Waals surface area contributed by atoms with E-state index < -0.39 is 11.9 Å². The molecule has 0 aliphatic rings. The molecule has 8 heteroatoms. The zero-order valence-corrected chi connectivity index (χ0v) is 15.2. The maximum absolute atomic E-state index is 12.3. The van der Waals surface area contributed by atoms with Crippen molar-refractivity contribution >= 4 is 17.7 Å². The molecule has 2 aromatic rings. The molecule has 0 aliphatic heterocycles. The van der Waals surface area contributed by atoms with Crippen LogP contribution in [0.2, 0.25) is 0 Å². The van der Waals surface area contributed by atoms with E-state index in [1.54, 1.807) is 6.33 Å². The zero-order valence-electron chi connectivity index (χ0n) is 15.2. The van der Waals surface area contributed by atoms with Crippen LogP contribution in [-0.2, 0) is 23.1 Å². The molecule has 0 aromatic carbocycles. The molecule has 0 spiro atoms. The van der Waals surface area contributed by atoms with Gasteiger partial charge in [-0.15, -0.1) is 0 Å². The number of carboxylic acid groups (broad SMARTS) is 2. The van der Waals surface area contributed by atoms with E-state index in [1.807, 2.05) is 38.6 Å². The second kappa shape index (κ2) is 9.36. The van der Waals surface area contributed by atoms with E-state index >= 15 is 0 Å². The maximum Gasteiger partial charge on any atom is 0.328 e. The van der Waals surface area contributed by atoms with Gasteiger partial charge in [-0.05, 0) is 32.8 Å². The van der Waals surface area contributed by atoms with Gasteiger partial charge < -0.3 is 19.8 Å². The first-order valence-electron chi connectivity index (χ1n) is 7.92. The molecule has 2 rings (SSSR count). The number of aromatic nitrogens is 3. The summed E-state index contributed by atoms with van der Waals surface area (Å²) in [4.78, 5) is 38.6. The highest BCUT2D eigenvalue weighted by Crippen LogP contribution is 2.18. The number of aromatic amines is 1. The molecule has 0 saturated carbocycles. The summed E-state index contributed by atoms with van der Waals surface area (Å²) < 4.78 is 2.00. The van der Waals surface area contributed by atoms with Crippen LogP contribution >= 0.6 is 0 Å². The van der Waals surface area contributed by atoms with Crippen molar-refractivity contribution in [3.8, 4) is 0 Å². The molecule has 3 N–H and O–H groups in total. The van der Waals surface area contributed by atoms with Crippen LogP contribution in [0.1, 0.15) is 39.4 Å². The first kappa shape index (κ1) is 20.9. The highest BCUT2D eigenvalue weighted by Gasteiger charge is 2.16. The van der Waals surface area contributed by atoms with Crippen LogP contribution in [0.25, 0.3) is 0 Å². The Bertz CT molecular complexity index is 814. The van der Waals surface area contributed by atoms with E-state index in [2.05, 4.69) is 9.97 Å². The number of H-pyrrole nitrogens is 1. The van der Waals surface area contributed by atoms with Crippen molar-refractivity contribution in [2.75, 3.05) is 0 Å². The Morgan fingerprint density at radius 3 is 2.12 bits per heavy atom. The fourth-order valence-electron chi connectivity index (χ4n) is 2.47. The highest BCUT2D eigenvalue weighted by atomic mass is 16.4. The van der Waals surface area contributed by atoms with E-state index in [-0.39, 0.29) is 5.78 Å². The number of carboxylic acids is 2. The normalized spacial score (nSPS) is 10.5. The van der Waals surface area contributed by atoms with Crippen molar-refractivity contribution in [2.24, 2.45) is 7.05 Å². The molecule has 0 bridgehead atoms. The molecule has 0 atom stereocenters. The lowest BCUT2D eigenvalue weighted by atomic mass is 10.0. The highest BCUT2D eigenvalue weighted by molar-refractivity contribution is 5.98. The number of hydrogen-bond acceptors (Lipinski definition) is 4. The van der Waals surface area contributed by atoms with Crippen molar-refractivity contribution in [1.82, 2.24) is 14.5 Å². The van der Waals surface area contributed by atoms with E-state index in [9.17, 15) is 14.4 Å². The van der Waals surface area contributed by atoms with Crippen molar-refractivity contribution in [3.05, 3.63) is 52.9 Å². The van der Waals surface area contributed by atoms with E-state index in [0.29, 0.717) is 25.0 Å². The summed E-state index contributed by atoms with van der Waals surface area (Å²) in [5.41, 5.74) is 4.99. The van der Waals surface area contributed by atoms with Gasteiger partial charge in [0, 0.05) is 48.8 Å². The number of hydrogen-bond donors (Lipinski definition) is 3. The standard InChI is InChI=1S/C14H19N3O.C4H4O4/c1-9-7-17(4)11(3)14(9)13(18)6-5-12-10(2)15-8-16-12;5-3(6)1-2-4(7)8/h7-8H,5-6H2,1-4H3,(H,15,16);1-2H,(H,5,6)(H,7,8)/b;2-1-. The minimum Gasteiger partial charge on any atom is -0.478 e. The van der Waals surface area contributed by atoms with Crippen molar-refractivity contribution in [2.45, 2.75) is 33.6 Å². The van der Waals surface area contributed by atoms with Crippen LogP contribution in [-0.4, -0.2) is 42.5 Å². The Balaban J connectivity index is 0.000000359. The number of Topliss-reactive ketones (excluding diaryl/α,β-unsaturated/α-hetero) is 1. The average Bonchev–Trinajstić information content (AvgIpc) is 3.07. The zero-order chi connectivity index (χ0) is 19.9. The molecule has 2 aromatic heterocycles. The summed E-state index contributed by atoms with van der Waals surface area (Å²) in [5, 5.41) is 15.6. The number of carbonyl (C=O) groups is 3. The molecule has 0 unspecified atom stereocenters. The fourth-order valence-corrected chi connectivity index (χ4v) is 2.47. The molecule has 0 saturated heterocycles. The lowest BCUT2D eigenvalue weighted by Gasteiger charge is -2.03. The van der Waals surface area contributed by atoms with Gasteiger partial charge >= 0.3 is 11.9 Å². The monoisotopic (exact) mass is 361 g/mol. The summed E-state index contributed by atoms with van der Waals surface area (Å²) in [6.07, 6.45) is 6.00. The van der Waals surface area contributed by atoms with E-state index in [4.69, 9.17) is 10.2 Å². The van der Waals surface area contributed by atoms with Crippen LogP contribution in [0, 0.1) is 20.8 Å². The third kappa shape index (κ3) is 6.04. The molecule has 8 nitrogen and oxygen atoms in total. The first-order valence-corrected chi connectivity index (χ1v) is 7.92. The molecular weight excluding hydrogens is 338 g/mol. The van der Waals surface area contributed by atoms with Gasteiger partial charge in [-0.1, -0.05) is 0 Å². The van der Waals surface area contributed by atoms with Gasteiger partial charge in [0.05, 0.1) is 12.0 Å². The van der Waals surface area contributed by atoms with Gasteiger partial charge in [0.25, 0.3) is 0 Å². The SMILES string of the molecule is Cc1cn(C)c(C)c1C(=O)CCc1nc[nH]c1C.O=C(O)/C=C\C(=O)O. The number of nitrogens with one attached hydrogen (secondary N) is 1. The van der Waals surface area contributed by atoms with Gasteiger partial charge in [-0.3, -0.25) is 4.79 Å². The second-order valence-electron chi connectivity index (χ2n) is 5.79. The molecule has 140 valence electrons. The molecule has 0 fully saturated rings. The van der Waals surface area contributed by atoms with Crippen molar-refractivity contribution in [1.29, 1.82) is 0 Å². The van der Waals surface area contributed by atoms with Crippen LogP contribution in [0.5, 0.6) is 0 Å². The van der Waals surface area contributed by atoms with Crippen LogP contribution in [0.3, 0.4) is 0 Å². The lowest BCUT2D eigenvalue weighted by molar-refractivity contribution is -0.134. The van der Waals surface area contributed by atoms with E-state index in [0.717, 1.165) is 28.2 Å². The smallest absolute Gasteiger partial charge is 0.328 e. The van der Waals surface area contributed by atoms with Gasteiger partial charge in [-0.2, -0.15) is 0 Å². The number of aliphatic carboxylic acids is 2. The van der Waals surface area contributed by atoms with Gasteiger partial charge in [-0.25, -0.2) is 14.6 Å². The van der Waals surface area contributed by atoms with Crippen molar-refractivity contribution in [3.63, 3.8) is 0 Å². The largest absolute Gasteiger partial charge is 0.478 e. The summed E-state index contributed by atoms with van der Waals surface area (Å²) in [6.45, 7) is 5.95. The average molecular weight is 361 g/mol. The third-order valence-electron chi connectivity index (χ3n) is 3.84. The van der Waals surface area contributed by atoms with Gasteiger partial charge in [0.2, 0.25) is 0 Å². The second-order valence-corrected chi connectivity index (χ2v) is 5.79. The maximum atomic E-state index is 12.3. The van der Waals surface area contributed by atoms with Gasteiger partial charge in [0.15, 0.2) is 5.78 Å². The van der Waals surface area contributed by atoms with Crippen LogP contribution in [0.4, 0.5) is 0 Å². The molecular formula is C18H23N3O5. The Hall–Kier alpha value is -3.16. The van der Waals surface area contributed by atoms with Gasteiger partial charge in [0.1, 0.15) is 0 Å². The molecule has 0 amide bonds. The molecule has 0 radical (unpaired) electrons. The third-order valence-corrected chi connectivity index (χ3v) is 3.84. The summed E-state index contributed by atoms with van der Waals surface area (Å²) >= 11 is 0. The topological polar surface area (TPSA) is 125 Å². The first-order chi connectivity index (χ1) is 12.1. The number of ketones is 1. The predicted molar refractivity (Wildman–Crippen MR) is 95.3 cm³/mol. The Morgan fingerprint density at radius 1 is 1.15 bits per heavy atom. The molecule has 0 aliphatic carbocycles. The Labute approximate surface area is 151 Å². The minimum absolute atomic E-state index is 0.202. The van der Waals surface area contributed by atoms with Crippen LogP contribution in [0.15, 0.2) is 24.7 Å². The number of carbonyl (C=O) groups excluding carboxylic acids is 1. The number of nitrogens with zero attached hydrogens (tertiary/aromatic N) is 2. The predicted octanol–water partition coefficient (Wildman–Crippen LogP) is 2.20.